The SMILES string of the molecule is CC(=O)Nc1ccc(/C=N\n2c(-n3nc(C)cc3C)n[nH]c2=S)cc1. The Morgan fingerprint density at radius 2 is 2.04 bits per heavy atom. The van der Waals surface area contributed by atoms with Gasteiger partial charge in [-0.15, -0.1) is 5.10 Å². The van der Waals surface area contributed by atoms with E-state index in [1.807, 2.05) is 32.0 Å². The van der Waals surface area contributed by atoms with E-state index in [2.05, 4.69) is 25.7 Å². The first kappa shape index (κ1) is 16.8. The maximum Gasteiger partial charge on any atom is 0.271 e. The number of aromatic nitrogens is 5. The number of amides is 1. The van der Waals surface area contributed by atoms with Gasteiger partial charge in [-0.1, -0.05) is 12.1 Å². The lowest BCUT2D eigenvalue weighted by molar-refractivity contribution is -0.114. The Morgan fingerprint density at radius 1 is 1.32 bits per heavy atom. The molecule has 0 saturated heterocycles. The molecule has 2 N–H and O–H groups in total. The molecule has 0 fully saturated rings. The van der Waals surface area contributed by atoms with Gasteiger partial charge < -0.3 is 5.32 Å². The zero-order valence-corrected chi connectivity index (χ0v) is 14.8. The first-order chi connectivity index (χ1) is 11.9. The Hall–Kier alpha value is -3.07. The Bertz CT molecular complexity index is 994. The smallest absolute Gasteiger partial charge is 0.271 e. The Kier molecular flexibility index (Phi) is 4.57. The molecule has 0 unspecified atom stereocenters. The van der Waals surface area contributed by atoms with Gasteiger partial charge in [-0.3, -0.25) is 4.79 Å². The largest absolute Gasteiger partial charge is 0.326 e. The molecule has 3 aromatic rings. The molecular weight excluding hydrogens is 338 g/mol. The predicted molar refractivity (Wildman–Crippen MR) is 97.7 cm³/mol. The summed E-state index contributed by atoms with van der Waals surface area (Å²) in [5.74, 6) is 0.377. The fourth-order valence-electron chi connectivity index (χ4n) is 2.34. The molecule has 25 heavy (non-hydrogen) atoms. The first-order valence-electron chi connectivity index (χ1n) is 7.57. The lowest BCUT2D eigenvalue weighted by Gasteiger charge is -2.03. The van der Waals surface area contributed by atoms with E-state index in [1.165, 1.54) is 11.6 Å². The van der Waals surface area contributed by atoms with E-state index in [4.69, 9.17) is 12.2 Å². The van der Waals surface area contributed by atoms with E-state index >= 15 is 0 Å². The molecule has 3 rings (SSSR count). The normalized spacial score (nSPS) is 11.2. The van der Waals surface area contributed by atoms with Gasteiger partial charge in [-0.2, -0.15) is 14.9 Å². The number of benzene rings is 1. The van der Waals surface area contributed by atoms with Crippen molar-refractivity contribution in [2.75, 3.05) is 5.32 Å². The van der Waals surface area contributed by atoms with Gasteiger partial charge in [0.25, 0.3) is 5.95 Å². The number of nitrogens with zero attached hydrogens (tertiary/aromatic N) is 5. The van der Waals surface area contributed by atoms with Crippen LogP contribution >= 0.6 is 12.2 Å². The molecule has 128 valence electrons. The summed E-state index contributed by atoms with van der Waals surface area (Å²) in [6.45, 7) is 5.32. The summed E-state index contributed by atoms with van der Waals surface area (Å²) < 4.78 is 3.56. The molecule has 1 aromatic carbocycles. The first-order valence-corrected chi connectivity index (χ1v) is 7.98. The molecule has 0 radical (unpaired) electrons. The van der Waals surface area contributed by atoms with Crippen molar-refractivity contribution in [3.05, 3.63) is 52.1 Å². The summed E-state index contributed by atoms with van der Waals surface area (Å²) >= 11 is 5.25. The van der Waals surface area contributed by atoms with Crippen LogP contribution in [-0.4, -0.2) is 36.8 Å². The zero-order valence-electron chi connectivity index (χ0n) is 14.0. The number of carbonyl (C=O) groups excluding carboxylic acids is 1. The molecule has 0 aliphatic heterocycles. The van der Waals surface area contributed by atoms with Crippen molar-refractivity contribution in [3.8, 4) is 5.95 Å². The minimum Gasteiger partial charge on any atom is -0.326 e. The Labute approximate surface area is 149 Å². The van der Waals surface area contributed by atoms with Crippen LogP contribution in [0.25, 0.3) is 5.95 Å². The van der Waals surface area contributed by atoms with Crippen LogP contribution in [-0.2, 0) is 4.79 Å². The van der Waals surface area contributed by atoms with E-state index < -0.39 is 0 Å². The highest BCUT2D eigenvalue weighted by Crippen LogP contribution is 2.11. The molecule has 0 atom stereocenters. The van der Waals surface area contributed by atoms with E-state index in [0.29, 0.717) is 10.7 Å². The highest BCUT2D eigenvalue weighted by atomic mass is 32.1. The summed E-state index contributed by atoms with van der Waals surface area (Å²) in [6, 6.07) is 9.26. The maximum atomic E-state index is 11.0. The molecule has 0 spiro atoms. The van der Waals surface area contributed by atoms with Crippen molar-refractivity contribution in [1.29, 1.82) is 0 Å². The van der Waals surface area contributed by atoms with Crippen LogP contribution < -0.4 is 5.32 Å². The highest BCUT2D eigenvalue weighted by Gasteiger charge is 2.11. The Morgan fingerprint density at radius 3 is 2.64 bits per heavy atom. The number of aryl methyl sites for hydroxylation is 2. The predicted octanol–water partition coefficient (Wildman–Crippen LogP) is 2.58. The highest BCUT2D eigenvalue weighted by molar-refractivity contribution is 7.71. The molecule has 9 heteroatoms. The molecule has 2 aromatic heterocycles. The number of carbonyl (C=O) groups is 1. The van der Waals surface area contributed by atoms with E-state index in [1.54, 1.807) is 23.0 Å². The number of hydrogen-bond acceptors (Lipinski definition) is 5. The van der Waals surface area contributed by atoms with Gasteiger partial charge in [0.05, 0.1) is 11.9 Å². The lowest BCUT2D eigenvalue weighted by Crippen LogP contribution is -2.07. The number of H-pyrrole nitrogens is 1. The molecule has 1 amide bonds. The van der Waals surface area contributed by atoms with Crippen LogP contribution in [0.5, 0.6) is 0 Å². The number of hydrogen-bond donors (Lipinski definition) is 2. The minimum atomic E-state index is -0.111. The molecule has 0 saturated carbocycles. The molecule has 8 nitrogen and oxygen atoms in total. The third-order valence-electron chi connectivity index (χ3n) is 3.39. The molecule has 0 bridgehead atoms. The average Bonchev–Trinajstić information content (AvgIpc) is 3.08. The summed E-state index contributed by atoms with van der Waals surface area (Å²) in [6.07, 6.45) is 1.66. The second-order valence-corrected chi connectivity index (χ2v) is 5.91. The van der Waals surface area contributed by atoms with Crippen molar-refractivity contribution >= 4 is 30.0 Å². The van der Waals surface area contributed by atoms with Crippen LogP contribution in [0.4, 0.5) is 5.69 Å². The van der Waals surface area contributed by atoms with Crippen molar-refractivity contribution in [2.24, 2.45) is 5.10 Å². The molecule has 0 aliphatic rings. The van der Waals surface area contributed by atoms with Crippen LogP contribution in [0.15, 0.2) is 35.4 Å². The second kappa shape index (κ2) is 6.81. The van der Waals surface area contributed by atoms with Gasteiger partial charge in [0.2, 0.25) is 10.7 Å². The van der Waals surface area contributed by atoms with Gasteiger partial charge in [0.15, 0.2) is 0 Å². The van der Waals surface area contributed by atoms with Crippen LogP contribution in [0.3, 0.4) is 0 Å². The lowest BCUT2D eigenvalue weighted by atomic mass is 10.2. The monoisotopic (exact) mass is 355 g/mol. The second-order valence-electron chi connectivity index (χ2n) is 5.53. The summed E-state index contributed by atoms with van der Waals surface area (Å²) in [7, 11) is 0. The van der Waals surface area contributed by atoms with Crippen LogP contribution in [0.1, 0.15) is 23.9 Å². The Balaban J connectivity index is 1.89. The number of rotatable bonds is 4. The molecule has 0 aliphatic carbocycles. The quantitative estimate of drug-likeness (QED) is 0.556. The standard InChI is InChI=1S/C16H17N7OS/c1-10-8-11(2)22(21-10)15-19-20-16(25)23(15)17-9-13-4-6-14(7-5-13)18-12(3)24/h4-9H,1-3H3,(H,18,24)(H,20,25)/b17-9-. The van der Waals surface area contributed by atoms with E-state index in [0.717, 1.165) is 22.6 Å². The number of aromatic amines is 1. The third kappa shape index (κ3) is 3.72. The summed E-state index contributed by atoms with van der Waals surface area (Å²) in [5.41, 5.74) is 3.41. The van der Waals surface area contributed by atoms with Gasteiger partial charge in [-0.05, 0) is 49.8 Å². The van der Waals surface area contributed by atoms with Gasteiger partial charge in [0.1, 0.15) is 0 Å². The summed E-state index contributed by atoms with van der Waals surface area (Å²) in [5, 5.41) is 18.5. The van der Waals surface area contributed by atoms with Gasteiger partial charge >= 0.3 is 0 Å². The number of anilines is 1. The van der Waals surface area contributed by atoms with E-state index in [9.17, 15) is 4.79 Å². The topological polar surface area (TPSA) is 92.9 Å². The fourth-order valence-corrected chi connectivity index (χ4v) is 2.51. The van der Waals surface area contributed by atoms with Crippen molar-refractivity contribution in [1.82, 2.24) is 24.7 Å². The van der Waals surface area contributed by atoms with Crippen molar-refractivity contribution < 1.29 is 4.79 Å². The zero-order chi connectivity index (χ0) is 18.0. The summed E-state index contributed by atoms with van der Waals surface area (Å²) in [4.78, 5) is 11.0. The van der Waals surface area contributed by atoms with Crippen molar-refractivity contribution in [3.63, 3.8) is 0 Å². The maximum absolute atomic E-state index is 11.0. The molecule has 2 heterocycles. The fraction of sp³-hybridized carbons (Fsp3) is 0.188. The average molecular weight is 355 g/mol. The van der Waals surface area contributed by atoms with E-state index in [-0.39, 0.29) is 5.91 Å². The molecular formula is C16H17N7OS. The van der Waals surface area contributed by atoms with Crippen LogP contribution in [0.2, 0.25) is 0 Å². The third-order valence-corrected chi connectivity index (χ3v) is 3.65. The van der Waals surface area contributed by atoms with Crippen molar-refractivity contribution in [2.45, 2.75) is 20.8 Å². The number of nitrogens with one attached hydrogen (secondary N) is 2. The minimum absolute atomic E-state index is 0.111. The van der Waals surface area contributed by atoms with Crippen LogP contribution in [0, 0.1) is 18.6 Å². The van der Waals surface area contributed by atoms with Gasteiger partial charge in [-0.25, -0.2) is 9.78 Å². The van der Waals surface area contributed by atoms with Gasteiger partial charge in [0, 0.05) is 18.3 Å².